The number of nitrogens with one attached hydrogen (secondary N) is 1. The van der Waals surface area contributed by atoms with E-state index in [1.165, 1.54) is 11.3 Å². The molecular formula is C23H25N5O. The molecule has 1 aliphatic rings. The Kier molecular flexibility index (Phi) is 5.70. The molecule has 4 rings (SSSR count). The van der Waals surface area contributed by atoms with E-state index in [2.05, 4.69) is 56.3 Å². The summed E-state index contributed by atoms with van der Waals surface area (Å²) < 4.78 is 0. The molecule has 0 saturated carbocycles. The van der Waals surface area contributed by atoms with Crippen molar-refractivity contribution in [3.63, 3.8) is 0 Å². The normalized spacial score (nSPS) is 14.0. The smallest absolute Gasteiger partial charge is 0.270 e. The number of rotatable bonds is 5. The van der Waals surface area contributed by atoms with Gasteiger partial charge < -0.3 is 15.1 Å². The molecular weight excluding hydrogens is 362 g/mol. The fourth-order valence-corrected chi connectivity index (χ4v) is 3.52. The van der Waals surface area contributed by atoms with Gasteiger partial charge in [0.05, 0.1) is 24.1 Å². The van der Waals surface area contributed by atoms with Crippen molar-refractivity contribution >= 4 is 17.3 Å². The van der Waals surface area contributed by atoms with Crippen LogP contribution in [0.25, 0.3) is 0 Å². The highest BCUT2D eigenvalue weighted by molar-refractivity contribution is 5.92. The van der Waals surface area contributed by atoms with Crippen molar-refractivity contribution in [2.75, 3.05) is 36.0 Å². The summed E-state index contributed by atoms with van der Waals surface area (Å²) in [5, 5.41) is 2.86. The number of nitrogens with zero attached hydrogens (tertiary/aromatic N) is 4. The van der Waals surface area contributed by atoms with Crippen LogP contribution in [-0.4, -0.2) is 42.1 Å². The zero-order valence-electron chi connectivity index (χ0n) is 16.6. The lowest BCUT2D eigenvalue weighted by Gasteiger charge is -2.37. The van der Waals surface area contributed by atoms with E-state index in [0.717, 1.165) is 37.6 Å². The molecule has 3 heterocycles. The standard InChI is InChI=1S/C23H25N5O/c1-18-5-4-7-20(15-18)27-11-13-28(14-12-27)21-8-9-22(25-17-21)23(29)26-16-19-6-2-3-10-24-19/h2-10,15,17H,11-14,16H2,1H3,(H,26,29). The van der Waals surface area contributed by atoms with Crippen molar-refractivity contribution in [3.8, 4) is 0 Å². The second-order valence-electron chi connectivity index (χ2n) is 7.22. The molecule has 1 amide bonds. The highest BCUT2D eigenvalue weighted by Gasteiger charge is 2.18. The Labute approximate surface area is 171 Å². The fourth-order valence-electron chi connectivity index (χ4n) is 3.52. The van der Waals surface area contributed by atoms with Crippen molar-refractivity contribution in [2.45, 2.75) is 13.5 Å². The van der Waals surface area contributed by atoms with Gasteiger partial charge >= 0.3 is 0 Å². The summed E-state index contributed by atoms with van der Waals surface area (Å²) in [6.45, 7) is 6.32. The van der Waals surface area contributed by atoms with Gasteiger partial charge in [0.15, 0.2) is 0 Å². The Balaban J connectivity index is 1.32. The molecule has 6 nitrogen and oxygen atoms in total. The second-order valence-corrected chi connectivity index (χ2v) is 7.22. The van der Waals surface area contributed by atoms with Crippen molar-refractivity contribution in [3.05, 3.63) is 83.9 Å². The minimum absolute atomic E-state index is 0.188. The molecule has 0 unspecified atom stereocenters. The number of carbonyl (C=O) groups is 1. The Hall–Kier alpha value is -3.41. The maximum atomic E-state index is 12.3. The van der Waals surface area contributed by atoms with Crippen molar-refractivity contribution < 1.29 is 4.79 Å². The van der Waals surface area contributed by atoms with E-state index in [-0.39, 0.29) is 5.91 Å². The molecule has 0 bridgehead atoms. The molecule has 0 aliphatic carbocycles. The van der Waals surface area contributed by atoms with Gasteiger partial charge in [0, 0.05) is 38.1 Å². The maximum absolute atomic E-state index is 12.3. The SMILES string of the molecule is Cc1cccc(N2CCN(c3ccc(C(=O)NCc4ccccn4)nc3)CC2)c1. The van der Waals surface area contributed by atoms with Crippen LogP contribution in [0.4, 0.5) is 11.4 Å². The first-order chi connectivity index (χ1) is 14.2. The zero-order valence-corrected chi connectivity index (χ0v) is 16.6. The first kappa shape index (κ1) is 18.9. The van der Waals surface area contributed by atoms with Gasteiger partial charge in [0.25, 0.3) is 5.91 Å². The quantitative estimate of drug-likeness (QED) is 0.729. The lowest BCUT2D eigenvalue weighted by atomic mass is 10.2. The molecule has 0 spiro atoms. The first-order valence-corrected chi connectivity index (χ1v) is 9.90. The average molecular weight is 387 g/mol. The van der Waals surface area contributed by atoms with E-state index < -0.39 is 0 Å². The molecule has 1 saturated heterocycles. The van der Waals surface area contributed by atoms with Crippen LogP contribution in [0.1, 0.15) is 21.7 Å². The van der Waals surface area contributed by atoms with Crippen molar-refractivity contribution in [1.29, 1.82) is 0 Å². The number of benzene rings is 1. The number of hydrogen-bond donors (Lipinski definition) is 1. The van der Waals surface area contributed by atoms with Gasteiger partial charge in [-0.3, -0.25) is 9.78 Å². The average Bonchev–Trinajstić information content (AvgIpc) is 2.78. The van der Waals surface area contributed by atoms with Gasteiger partial charge in [-0.15, -0.1) is 0 Å². The van der Waals surface area contributed by atoms with Gasteiger partial charge in [-0.25, -0.2) is 4.98 Å². The molecule has 6 heteroatoms. The van der Waals surface area contributed by atoms with Gasteiger partial charge in [-0.05, 0) is 48.9 Å². The van der Waals surface area contributed by atoms with E-state index >= 15 is 0 Å². The summed E-state index contributed by atoms with van der Waals surface area (Å²) in [4.78, 5) is 25.6. The van der Waals surface area contributed by atoms with Crippen LogP contribution < -0.4 is 15.1 Å². The zero-order chi connectivity index (χ0) is 20.1. The molecule has 0 atom stereocenters. The lowest BCUT2D eigenvalue weighted by Crippen LogP contribution is -2.46. The third-order valence-corrected chi connectivity index (χ3v) is 5.15. The molecule has 1 aliphatic heterocycles. The van der Waals surface area contributed by atoms with Gasteiger partial charge in [0.2, 0.25) is 0 Å². The number of anilines is 2. The highest BCUT2D eigenvalue weighted by atomic mass is 16.1. The predicted octanol–water partition coefficient (Wildman–Crippen LogP) is 3.04. The number of piperazine rings is 1. The number of pyridine rings is 2. The Morgan fingerprint density at radius 2 is 1.72 bits per heavy atom. The van der Waals surface area contributed by atoms with Crippen LogP contribution in [0, 0.1) is 6.92 Å². The minimum atomic E-state index is -0.188. The number of amides is 1. The summed E-state index contributed by atoms with van der Waals surface area (Å²) in [6, 6.07) is 18.0. The van der Waals surface area contributed by atoms with E-state index in [9.17, 15) is 4.79 Å². The Morgan fingerprint density at radius 1 is 0.931 bits per heavy atom. The molecule has 0 radical (unpaired) electrons. The fraction of sp³-hybridized carbons (Fsp3) is 0.261. The highest BCUT2D eigenvalue weighted by Crippen LogP contribution is 2.21. The molecule has 3 aromatic rings. The summed E-state index contributed by atoms with van der Waals surface area (Å²) in [5.74, 6) is -0.188. The van der Waals surface area contributed by atoms with Gasteiger partial charge in [0.1, 0.15) is 5.69 Å². The van der Waals surface area contributed by atoms with Crippen LogP contribution in [0.3, 0.4) is 0 Å². The molecule has 1 fully saturated rings. The molecule has 1 N–H and O–H groups in total. The molecule has 29 heavy (non-hydrogen) atoms. The molecule has 2 aromatic heterocycles. The monoisotopic (exact) mass is 387 g/mol. The van der Waals surface area contributed by atoms with Crippen LogP contribution >= 0.6 is 0 Å². The number of aromatic nitrogens is 2. The number of carbonyl (C=O) groups excluding carboxylic acids is 1. The van der Waals surface area contributed by atoms with Crippen LogP contribution in [0.5, 0.6) is 0 Å². The van der Waals surface area contributed by atoms with Crippen LogP contribution in [0.2, 0.25) is 0 Å². The third kappa shape index (κ3) is 4.71. The number of aryl methyl sites for hydroxylation is 1. The summed E-state index contributed by atoms with van der Waals surface area (Å²) in [6.07, 6.45) is 3.51. The summed E-state index contributed by atoms with van der Waals surface area (Å²) in [7, 11) is 0. The lowest BCUT2D eigenvalue weighted by molar-refractivity contribution is 0.0945. The topological polar surface area (TPSA) is 61.4 Å². The van der Waals surface area contributed by atoms with Crippen molar-refractivity contribution in [2.24, 2.45) is 0 Å². The van der Waals surface area contributed by atoms with Gasteiger partial charge in [-0.1, -0.05) is 18.2 Å². The van der Waals surface area contributed by atoms with Gasteiger partial charge in [-0.2, -0.15) is 0 Å². The third-order valence-electron chi connectivity index (χ3n) is 5.15. The van der Waals surface area contributed by atoms with E-state index in [1.54, 1.807) is 18.5 Å². The second kappa shape index (κ2) is 8.73. The van der Waals surface area contributed by atoms with Crippen LogP contribution in [-0.2, 0) is 6.54 Å². The first-order valence-electron chi connectivity index (χ1n) is 9.90. The van der Waals surface area contributed by atoms with Crippen LogP contribution in [0.15, 0.2) is 67.0 Å². The predicted molar refractivity (Wildman–Crippen MR) is 115 cm³/mol. The Bertz CT molecular complexity index is 951. The minimum Gasteiger partial charge on any atom is -0.368 e. The molecule has 148 valence electrons. The number of hydrogen-bond acceptors (Lipinski definition) is 5. The van der Waals surface area contributed by atoms with E-state index in [1.807, 2.05) is 24.3 Å². The Morgan fingerprint density at radius 3 is 2.38 bits per heavy atom. The van der Waals surface area contributed by atoms with Crippen molar-refractivity contribution in [1.82, 2.24) is 15.3 Å². The van der Waals surface area contributed by atoms with E-state index in [4.69, 9.17) is 0 Å². The largest absolute Gasteiger partial charge is 0.368 e. The maximum Gasteiger partial charge on any atom is 0.270 e. The molecule has 1 aromatic carbocycles. The van der Waals surface area contributed by atoms with E-state index in [0.29, 0.717) is 12.2 Å². The summed E-state index contributed by atoms with van der Waals surface area (Å²) in [5.41, 5.74) is 4.86. The summed E-state index contributed by atoms with van der Waals surface area (Å²) >= 11 is 0.